The summed E-state index contributed by atoms with van der Waals surface area (Å²) in [6, 6.07) is 13.2. The minimum Gasteiger partial charge on any atom is -0.360 e. The third-order valence-electron chi connectivity index (χ3n) is 3.24. The van der Waals surface area contributed by atoms with Crippen LogP contribution in [0.1, 0.15) is 15.9 Å². The Morgan fingerprint density at radius 1 is 1.15 bits per heavy atom. The maximum absolute atomic E-state index is 12.7. The Labute approximate surface area is 126 Å². The number of thioether (sulfide) groups is 1. The van der Waals surface area contributed by atoms with Gasteiger partial charge in [-0.3, -0.25) is 4.79 Å². The first-order valence-electron chi connectivity index (χ1n) is 6.15. The molecular formula is C16H12ClNOS. The topological polar surface area (TPSA) is 32.9 Å². The van der Waals surface area contributed by atoms with Crippen molar-refractivity contribution in [3.8, 4) is 0 Å². The second-order valence-electron chi connectivity index (χ2n) is 4.42. The lowest BCUT2D eigenvalue weighted by atomic mass is 10.0. The lowest BCUT2D eigenvalue weighted by Crippen LogP contribution is -2.02. The van der Waals surface area contributed by atoms with Gasteiger partial charge >= 0.3 is 0 Å². The summed E-state index contributed by atoms with van der Waals surface area (Å²) in [4.78, 5) is 16.8. The quantitative estimate of drug-likeness (QED) is 0.558. The highest BCUT2D eigenvalue weighted by Gasteiger charge is 2.16. The summed E-state index contributed by atoms with van der Waals surface area (Å²) in [5, 5.41) is 1.49. The molecule has 0 aliphatic rings. The Kier molecular flexibility index (Phi) is 3.55. The van der Waals surface area contributed by atoms with Crippen molar-refractivity contribution in [3.05, 3.63) is 64.8 Å². The Morgan fingerprint density at radius 3 is 2.75 bits per heavy atom. The number of benzene rings is 2. The van der Waals surface area contributed by atoms with Crippen LogP contribution in [-0.2, 0) is 0 Å². The first-order valence-corrected chi connectivity index (χ1v) is 7.75. The van der Waals surface area contributed by atoms with Crippen LogP contribution in [0.4, 0.5) is 0 Å². The van der Waals surface area contributed by atoms with Gasteiger partial charge < -0.3 is 4.98 Å². The molecule has 0 bridgehead atoms. The second-order valence-corrected chi connectivity index (χ2v) is 5.71. The van der Waals surface area contributed by atoms with Crippen LogP contribution in [0, 0.1) is 0 Å². The molecule has 1 N–H and O–H groups in total. The number of nitrogens with one attached hydrogen (secondary N) is 1. The second kappa shape index (κ2) is 5.35. The molecule has 4 heteroatoms. The van der Waals surface area contributed by atoms with Crippen LogP contribution in [0.5, 0.6) is 0 Å². The smallest absolute Gasteiger partial charge is 0.196 e. The summed E-state index contributed by atoms with van der Waals surface area (Å²) < 4.78 is 0. The van der Waals surface area contributed by atoms with E-state index >= 15 is 0 Å². The molecular weight excluding hydrogens is 290 g/mol. The van der Waals surface area contributed by atoms with Crippen LogP contribution < -0.4 is 0 Å². The summed E-state index contributed by atoms with van der Waals surface area (Å²) in [7, 11) is 0. The zero-order chi connectivity index (χ0) is 14.1. The van der Waals surface area contributed by atoms with Gasteiger partial charge in [-0.15, -0.1) is 11.8 Å². The zero-order valence-electron chi connectivity index (χ0n) is 10.8. The molecule has 1 aromatic heterocycles. The first kappa shape index (κ1) is 13.3. The van der Waals surface area contributed by atoms with Crippen LogP contribution >= 0.6 is 23.4 Å². The maximum Gasteiger partial charge on any atom is 0.196 e. The molecule has 0 spiro atoms. The van der Waals surface area contributed by atoms with Crippen LogP contribution in [-0.4, -0.2) is 17.0 Å². The monoisotopic (exact) mass is 301 g/mol. The van der Waals surface area contributed by atoms with E-state index in [1.165, 1.54) is 0 Å². The molecule has 20 heavy (non-hydrogen) atoms. The number of H-pyrrole nitrogens is 1. The van der Waals surface area contributed by atoms with E-state index in [1.807, 2.05) is 48.7 Å². The zero-order valence-corrected chi connectivity index (χ0v) is 12.4. The number of carbonyl (C=O) groups is 1. The van der Waals surface area contributed by atoms with E-state index in [-0.39, 0.29) is 5.78 Å². The number of aromatic nitrogens is 1. The number of hydrogen-bond acceptors (Lipinski definition) is 2. The van der Waals surface area contributed by atoms with Gasteiger partial charge in [0.05, 0.1) is 0 Å². The van der Waals surface area contributed by atoms with Gasteiger partial charge in [0.15, 0.2) is 5.78 Å². The molecule has 0 saturated carbocycles. The van der Waals surface area contributed by atoms with Gasteiger partial charge in [-0.1, -0.05) is 23.7 Å². The average molecular weight is 302 g/mol. The molecule has 3 rings (SSSR count). The number of fused-ring (bicyclic) bond motifs is 1. The molecule has 0 aliphatic carbocycles. The van der Waals surface area contributed by atoms with Crippen LogP contribution in [0.25, 0.3) is 10.9 Å². The minimum atomic E-state index is 0.0171. The fourth-order valence-corrected chi connectivity index (χ4v) is 3.03. The van der Waals surface area contributed by atoms with Crippen molar-refractivity contribution in [1.82, 2.24) is 4.98 Å². The highest BCUT2D eigenvalue weighted by molar-refractivity contribution is 7.98. The van der Waals surface area contributed by atoms with Gasteiger partial charge in [0.1, 0.15) is 0 Å². The summed E-state index contributed by atoms with van der Waals surface area (Å²) in [5.41, 5.74) is 2.30. The lowest BCUT2D eigenvalue weighted by Gasteiger charge is -2.05. The van der Waals surface area contributed by atoms with E-state index in [2.05, 4.69) is 4.98 Å². The molecule has 0 fully saturated rings. The van der Waals surface area contributed by atoms with Crippen LogP contribution in [0.2, 0.25) is 5.02 Å². The molecule has 2 nitrogen and oxygen atoms in total. The largest absolute Gasteiger partial charge is 0.360 e. The Morgan fingerprint density at radius 2 is 1.95 bits per heavy atom. The molecule has 100 valence electrons. The number of aromatic amines is 1. The number of ketones is 1. The minimum absolute atomic E-state index is 0.0171. The molecule has 0 unspecified atom stereocenters. The molecule has 0 atom stereocenters. The standard InChI is InChI=1S/C16H12ClNOS/c1-20-15-5-3-2-4-11(15)16(19)13-9-18-14-7-6-10(17)8-12(13)14/h2-9,18H,1H3. The Balaban J connectivity index is 2.15. The normalized spacial score (nSPS) is 10.9. The predicted octanol–water partition coefficient (Wildman–Crippen LogP) is 4.77. The third-order valence-corrected chi connectivity index (χ3v) is 4.27. The van der Waals surface area contributed by atoms with Crippen LogP contribution in [0.3, 0.4) is 0 Å². The van der Waals surface area contributed by atoms with E-state index in [0.29, 0.717) is 10.6 Å². The summed E-state index contributed by atoms with van der Waals surface area (Å²) in [6.07, 6.45) is 3.72. The molecule has 3 aromatic rings. The lowest BCUT2D eigenvalue weighted by molar-refractivity contribution is 0.103. The van der Waals surface area contributed by atoms with E-state index in [9.17, 15) is 4.79 Å². The van der Waals surface area contributed by atoms with E-state index in [4.69, 9.17) is 11.6 Å². The summed E-state index contributed by atoms with van der Waals surface area (Å²) in [6.45, 7) is 0. The van der Waals surface area contributed by atoms with Gasteiger partial charge in [0.2, 0.25) is 0 Å². The highest BCUT2D eigenvalue weighted by Crippen LogP contribution is 2.27. The van der Waals surface area contributed by atoms with Crippen molar-refractivity contribution in [2.24, 2.45) is 0 Å². The number of hydrogen-bond donors (Lipinski definition) is 1. The molecule has 0 radical (unpaired) electrons. The summed E-state index contributed by atoms with van der Waals surface area (Å²) >= 11 is 7.60. The van der Waals surface area contributed by atoms with Gasteiger partial charge in [0, 0.05) is 38.1 Å². The van der Waals surface area contributed by atoms with Gasteiger partial charge in [0.25, 0.3) is 0 Å². The van der Waals surface area contributed by atoms with Crippen molar-refractivity contribution in [3.63, 3.8) is 0 Å². The van der Waals surface area contributed by atoms with Gasteiger partial charge in [-0.05, 0) is 36.6 Å². The van der Waals surface area contributed by atoms with Crippen molar-refractivity contribution >= 4 is 40.0 Å². The van der Waals surface area contributed by atoms with E-state index < -0.39 is 0 Å². The van der Waals surface area contributed by atoms with Crippen molar-refractivity contribution in [2.75, 3.05) is 6.26 Å². The van der Waals surface area contributed by atoms with Gasteiger partial charge in [-0.25, -0.2) is 0 Å². The Hall–Kier alpha value is -1.71. The fourth-order valence-electron chi connectivity index (χ4n) is 2.26. The maximum atomic E-state index is 12.7. The third kappa shape index (κ3) is 2.23. The fraction of sp³-hybridized carbons (Fsp3) is 0.0625. The van der Waals surface area contributed by atoms with Crippen molar-refractivity contribution < 1.29 is 4.79 Å². The molecule has 0 saturated heterocycles. The molecule has 0 amide bonds. The molecule has 2 aromatic carbocycles. The van der Waals surface area contributed by atoms with E-state index in [0.717, 1.165) is 21.4 Å². The number of rotatable bonds is 3. The van der Waals surface area contributed by atoms with Crippen molar-refractivity contribution in [1.29, 1.82) is 0 Å². The van der Waals surface area contributed by atoms with Crippen LogP contribution in [0.15, 0.2) is 53.6 Å². The number of carbonyl (C=O) groups excluding carboxylic acids is 1. The first-order chi connectivity index (χ1) is 9.70. The predicted molar refractivity (Wildman–Crippen MR) is 85.0 cm³/mol. The molecule has 0 aliphatic heterocycles. The van der Waals surface area contributed by atoms with E-state index in [1.54, 1.807) is 18.0 Å². The molecule has 1 heterocycles. The highest BCUT2D eigenvalue weighted by atomic mass is 35.5. The van der Waals surface area contributed by atoms with Gasteiger partial charge in [-0.2, -0.15) is 0 Å². The van der Waals surface area contributed by atoms with Crippen molar-refractivity contribution in [2.45, 2.75) is 4.90 Å². The average Bonchev–Trinajstić information content (AvgIpc) is 2.89. The summed E-state index contributed by atoms with van der Waals surface area (Å²) in [5.74, 6) is 0.0171. The number of halogens is 1. The Bertz CT molecular complexity index is 794. The SMILES string of the molecule is CSc1ccccc1C(=O)c1c[nH]c2ccc(Cl)cc12.